The Hall–Kier alpha value is -1.02. The number of nitrogens with two attached hydrogens (primary N) is 1. The summed E-state index contributed by atoms with van der Waals surface area (Å²) < 4.78 is 5.78. The Morgan fingerprint density at radius 1 is 1.00 bits per heavy atom. The number of benzene rings is 1. The van der Waals surface area contributed by atoms with Gasteiger partial charge in [0.1, 0.15) is 5.75 Å². The normalized spacial score (nSPS) is 32.6. The smallest absolute Gasteiger partial charge is 0.119 e. The molecular weight excluding hydrogens is 246 g/mol. The third kappa shape index (κ3) is 2.58. The molecule has 3 saturated carbocycles. The minimum atomic E-state index is 0.155. The summed E-state index contributed by atoms with van der Waals surface area (Å²) in [5.74, 6) is 1.57. The van der Waals surface area contributed by atoms with Gasteiger partial charge in [-0.1, -0.05) is 26.0 Å². The van der Waals surface area contributed by atoms with Gasteiger partial charge in [-0.05, 0) is 67.6 Å². The maximum absolute atomic E-state index is 6.41. The Morgan fingerprint density at radius 2 is 1.55 bits per heavy atom. The first kappa shape index (κ1) is 13.9. The second-order valence-electron chi connectivity index (χ2n) is 7.37. The van der Waals surface area contributed by atoms with Crippen molar-refractivity contribution < 1.29 is 4.74 Å². The quantitative estimate of drug-likeness (QED) is 0.899. The highest BCUT2D eigenvalue weighted by Gasteiger charge is 2.47. The summed E-state index contributed by atoms with van der Waals surface area (Å²) in [4.78, 5) is 0. The molecule has 110 valence electrons. The van der Waals surface area contributed by atoms with Gasteiger partial charge in [0, 0.05) is 5.54 Å². The van der Waals surface area contributed by atoms with Crippen molar-refractivity contribution >= 4 is 0 Å². The second kappa shape index (κ2) is 5.07. The van der Waals surface area contributed by atoms with Crippen molar-refractivity contribution in [3.63, 3.8) is 0 Å². The predicted octanol–water partition coefficient (Wildman–Crippen LogP) is 4.02. The van der Waals surface area contributed by atoms with Gasteiger partial charge in [0.25, 0.3) is 0 Å². The lowest BCUT2D eigenvalue weighted by molar-refractivity contribution is 0.107. The highest BCUT2D eigenvalue weighted by Crippen LogP contribution is 2.52. The van der Waals surface area contributed by atoms with Crippen LogP contribution < -0.4 is 10.5 Å². The Bertz CT molecular complexity index is 438. The summed E-state index contributed by atoms with van der Waals surface area (Å²) in [6, 6.07) is 8.85. The van der Waals surface area contributed by atoms with Crippen molar-refractivity contribution in [1.29, 1.82) is 0 Å². The molecule has 1 aromatic carbocycles. The molecule has 0 heterocycles. The Morgan fingerprint density at radius 3 is 2.05 bits per heavy atom. The van der Waals surface area contributed by atoms with Gasteiger partial charge in [0.15, 0.2) is 0 Å². The van der Waals surface area contributed by atoms with E-state index in [2.05, 4.69) is 38.1 Å². The monoisotopic (exact) mass is 273 g/mol. The van der Waals surface area contributed by atoms with Gasteiger partial charge >= 0.3 is 0 Å². The van der Waals surface area contributed by atoms with Crippen LogP contribution in [0, 0.1) is 5.92 Å². The minimum Gasteiger partial charge on any atom is -0.493 e. The second-order valence-corrected chi connectivity index (χ2v) is 7.37. The van der Waals surface area contributed by atoms with E-state index in [1.54, 1.807) is 0 Å². The summed E-state index contributed by atoms with van der Waals surface area (Å²) in [6.07, 6.45) is 7.36. The van der Waals surface area contributed by atoms with Crippen molar-refractivity contribution in [2.45, 2.75) is 63.3 Å². The molecule has 2 heteroatoms. The Kier molecular flexibility index (Phi) is 3.53. The molecule has 0 saturated heterocycles. The Labute approximate surface area is 122 Å². The van der Waals surface area contributed by atoms with E-state index in [0.717, 1.165) is 12.4 Å². The zero-order chi connectivity index (χ0) is 14.2. The molecule has 20 heavy (non-hydrogen) atoms. The fourth-order valence-corrected chi connectivity index (χ4v) is 3.82. The predicted molar refractivity (Wildman–Crippen MR) is 83.1 cm³/mol. The summed E-state index contributed by atoms with van der Waals surface area (Å²) >= 11 is 0. The number of rotatable bonds is 4. The first-order valence-electron chi connectivity index (χ1n) is 8.04. The summed E-state index contributed by atoms with van der Waals surface area (Å²) in [7, 11) is 0. The highest BCUT2D eigenvalue weighted by atomic mass is 16.5. The van der Waals surface area contributed by atoms with Gasteiger partial charge in [-0.15, -0.1) is 0 Å². The van der Waals surface area contributed by atoms with Crippen molar-refractivity contribution in [2.24, 2.45) is 11.7 Å². The molecule has 0 spiro atoms. The standard InChI is InChI=1S/C18H27NO/c1-14(2)13-20-16-5-3-15(4-6-16)17-7-10-18(19,11-8-17)12-9-17/h3-6,14H,7-13,19H2,1-2H3. The topological polar surface area (TPSA) is 35.2 Å². The lowest BCUT2D eigenvalue weighted by atomic mass is 9.55. The lowest BCUT2D eigenvalue weighted by Crippen LogP contribution is -2.53. The van der Waals surface area contributed by atoms with E-state index in [1.807, 2.05) is 0 Å². The van der Waals surface area contributed by atoms with Gasteiger partial charge in [-0.2, -0.15) is 0 Å². The SMILES string of the molecule is CC(C)COc1ccc(C23CCC(N)(CC2)CC3)cc1. The molecule has 4 rings (SSSR count). The third-order valence-electron chi connectivity index (χ3n) is 5.35. The summed E-state index contributed by atoms with van der Waals surface area (Å²) in [5.41, 5.74) is 8.46. The van der Waals surface area contributed by atoms with Crippen molar-refractivity contribution in [1.82, 2.24) is 0 Å². The zero-order valence-corrected chi connectivity index (χ0v) is 12.8. The van der Waals surface area contributed by atoms with Crippen molar-refractivity contribution in [3.8, 4) is 5.75 Å². The maximum Gasteiger partial charge on any atom is 0.119 e. The minimum absolute atomic E-state index is 0.155. The van der Waals surface area contributed by atoms with Crippen LogP contribution in [0.25, 0.3) is 0 Å². The van der Waals surface area contributed by atoms with Gasteiger partial charge in [0.2, 0.25) is 0 Å². The Balaban J connectivity index is 1.71. The average molecular weight is 273 g/mol. The average Bonchev–Trinajstić information content (AvgIpc) is 2.47. The molecular formula is C18H27NO. The molecule has 3 fully saturated rings. The van der Waals surface area contributed by atoms with Gasteiger partial charge in [-0.3, -0.25) is 0 Å². The summed E-state index contributed by atoms with van der Waals surface area (Å²) in [6.45, 7) is 5.15. The largest absolute Gasteiger partial charge is 0.493 e. The van der Waals surface area contributed by atoms with Gasteiger partial charge in [-0.25, -0.2) is 0 Å². The molecule has 1 aromatic rings. The van der Waals surface area contributed by atoms with E-state index in [-0.39, 0.29) is 5.54 Å². The number of hydrogen-bond donors (Lipinski definition) is 1. The van der Waals surface area contributed by atoms with Gasteiger partial charge in [0.05, 0.1) is 6.61 Å². The molecule has 0 unspecified atom stereocenters. The number of fused-ring (bicyclic) bond motifs is 3. The molecule has 3 aliphatic carbocycles. The van der Waals surface area contributed by atoms with Crippen LogP contribution in [0.1, 0.15) is 57.9 Å². The van der Waals surface area contributed by atoms with E-state index >= 15 is 0 Å². The van der Waals surface area contributed by atoms with E-state index in [9.17, 15) is 0 Å². The van der Waals surface area contributed by atoms with E-state index in [1.165, 1.54) is 44.1 Å². The van der Waals surface area contributed by atoms with Crippen LogP contribution in [-0.2, 0) is 5.41 Å². The summed E-state index contributed by atoms with van der Waals surface area (Å²) in [5, 5.41) is 0. The molecule has 3 aliphatic rings. The fraction of sp³-hybridized carbons (Fsp3) is 0.667. The molecule has 0 radical (unpaired) electrons. The molecule has 0 atom stereocenters. The molecule has 0 aromatic heterocycles. The number of hydrogen-bond acceptors (Lipinski definition) is 2. The highest BCUT2D eigenvalue weighted by molar-refractivity contribution is 5.34. The molecule has 0 amide bonds. The first-order chi connectivity index (χ1) is 9.51. The maximum atomic E-state index is 6.41. The third-order valence-corrected chi connectivity index (χ3v) is 5.35. The van der Waals surface area contributed by atoms with Crippen molar-refractivity contribution in [2.75, 3.05) is 6.61 Å². The van der Waals surface area contributed by atoms with Crippen LogP contribution in [0.2, 0.25) is 0 Å². The molecule has 0 aliphatic heterocycles. The first-order valence-corrected chi connectivity index (χ1v) is 8.04. The molecule has 2 nitrogen and oxygen atoms in total. The molecule has 2 bridgehead atoms. The van der Waals surface area contributed by atoms with Crippen LogP contribution in [0.15, 0.2) is 24.3 Å². The molecule has 2 N–H and O–H groups in total. The lowest BCUT2D eigenvalue weighted by Gasteiger charge is -2.52. The number of ether oxygens (including phenoxy) is 1. The van der Waals surface area contributed by atoms with Crippen molar-refractivity contribution in [3.05, 3.63) is 29.8 Å². The van der Waals surface area contributed by atoms with Crippen LogP contribution >= 0.6 is 0 Å². The van der Waals surface area contributed by atoms with Crippen LogP contribution in [-0.4, -0.2) is 12.1 Å². The fourth-order valence-electron chi connectivity index (χ4n) is 3.82. The van der Waals surface area contributed by atoms with Crippen LogP contribution in [0.5, 0.6) is 5.75 Å². The zero-order valence-electron chi connectivity index (χ0n) is 12.8. The van der Waals surface area contributed by atoms with E-state index in [0.29, 0.717) is 11.3 Å². The van der Waals surface area contributed by atoms with Crippen LogP contribution in [0.3, 0.4) is 0 Å². The van der Waals surface area contributed by atoms with Gasteiger partial charge < -0.3 is 10.5 Å². The van der Waals surface area contributed by atoms with E-state index in [4.69, 9.17) is 10.5 Å². The van der Waals surface area contributed by atoms with E-state index < -0.39 is 0 Å². The van der Waals surface area contributed by atoms with Crippen LogP contribution in [0.4, 0.5) is 0 Å².